The van der Waals surface area contributed by atoms with Crippen molar-refractivity contribution in [2.75, 3.05) is 0 Å². The summed E-state index contributed by atoms with van der Waals surface area (Å²) in [5, 5.41) is 6.76. The third kappa shape index (κ3) is 13.8. The van der Waals surface area contributed by atoms with E-state index in [-0.39, 0.29) is 0 Å². The molecular formula is C60H134Br2Si16. The first-order valence-electron chi connectivity index (χ1n) is 31.2. The molecule has 0 aliphatic carbocycles. The second-order valence-electron chi connectivity index (χ2n) is 40.8. The lowest BCUT2D eigenvalue weighted by molar-refractivity contribution is 0.992. The molecule has 0 saturated carbocycles. The largest absolute Gasteiger partial charge is 0.221 e. The van der Waals surface area contributed by atoms with Crippen molar-refractivity contribution in [3.8, 4) is 0 Å². The molecule has 78 heavy (non-hydrogen) atoms. The summed E-state index contributed by atoms with van der Waals surface area (Å²) < 4.78 is 0.636. The number of halogens is 2. The molecule has 3 rings (SSSR count). The van der Waals surface area contributed by atoms with Crippen LogP contribution in [-0.4, -0.2) is 126 Å². The standard InChI is InChI=1S/C60H134Br2Si16/c1-64(2,3)55(65(4,5)6)49-42-47(59(71(22,23)24,72(25,26)27)73(28,29)30)43-50-53(49)63(46-77(40,41)58(50)70(19,20)21)78(61,62)54-51(56(66(7,8)9)67(10,11)12)44-48(45-52(54)57(68(13,14)15)69(16,17)18)60(74(31,32)33,75(34,35)36)76(37,38)39/h42-45,55-58,63H,46H2,1-41H3/t58-,63-/m1/s1. The Kier molecular flexibility index (Phi) is 21.6. The van der Waals surface area contributed by atoms with Crippen LogP contribution in [0.25, 0.3) is 0 Å². The van der Waals surface area contributed by atoms with Crippen LogP contribution < -0.4 is 10.4 Å². The number of rotatable bonds is 20. The minimum atomic E-state index is -2.73. The average molecular weight is 1460 g/mol. The molecule has 0 N–H and O–H groups in total. The van der Waals surface area contributed by atoms with Crippen LogP contribution >= 0.6 is 30.6 Å². The van der Waals surface area contributed by atoms with Crippen molar-refractivity contribution >= 4 is 167 Å². The predicted octanol–water partition coefficient (Wildman–Crippen LogP) is 21.4. The zero-order chi connectivity index (χ0) is 62.5. The van der Waals surface area contributed by atoms with Crippen LogP contribution in [0.4, 0.5) is 0 Å². The number of benzene rings is 2. The molecule has 0 radical (unpaired) electrons. The minimum Gasteiger partial charge on any atom is -0.109 e. The zero-order valence-electron chi connectivity index (χ0n) is 60.2. The second-order valence-corrected chi connectivity index (χ2v) is 145. The summed E-state index contributed by atoms with van der Waals surface area (Å²) in [5.74, 6) is 0. The summed E-state index contributed by atoms with van der Waals surface area (Å²) in [5.41, 5.74) is 13.0. The number of hydrogen-bond donors (Lipinski definition) is 0. The average Bonchev–Trinajstić information content (AvgIpc) is 3.02. The van der Waals surface area contributed by atoms with Crippen molar-refractivity contribution in [2.24, 2.45) is 0 Å². The molecule has 0 nitrogen and oxygen atoms in total. The highest BCUT2D eigenvalue weighted by Gasteiger charge is 2.65. The van der Waals surface area contributed by atoms with E-state index in [9.17, 15) is 0 Å². The third-order valence-electron chi connectivity index (χ3n) is 20.0. The molecule has 1 heterocycles. The molecule has 1 aliphatic rings. The summed E-state index contributed by atoms with van der Waals surface area (Å²) in [4.78, 5) is -2.73. The number of fused-ring (bicyclic) bond motifs is 1. The summed E-state index contributed by atoms with van der Waals surface area (Å²) in [6, 6.07) is 12.6. The van der Waals surface area contributed by atoms with E-state index in [0.717, 1.165) is 5.16 Å². The second kappa shape index (κ2) is 22.4. The van der Waals surface area contributed by atoms with Crippen LogP contribution in [0.2, 0.25) is 274 Å². The first kappa shape index (κ1) is 75.1. The molecule has 2 aromatic carbocycles. The van der Waals surface area contributed by atoms with Gasteiger partial charge < -0.3 is 0 Å². The SMILES string of the molecule is C[Si](C)(C)C(c1cc(C([Si](C)(C)C)([Si](C)(C)C)[Si](C)(C)C)cc2c1[Si@H]([Si](Br)(Br)c1c(C([Si](C)(C)C)[Si](C)(C)C)cc(C([Si](C)(C)C)([Si](C)(C)C)[Si](C)(C)C)cc1C([Si](C)(C)C)[Si](C)(C)C)C[Si](C)(C)[C@H]2[Si](C)(C)C)[Si](C)(C)C. The molecule has 0 unspecified atom stereocenters. The quantitative estimate of drug-likeness (QED) is 0.0916. The van der Waals surface area contributed by atoms with Gasteiger partial charge in [0.05, 0.1) is 8.31 Å². The van der Waals surface area contributed by atoms with Crippen molar-refractivity contribution < 1.29 is 0 Å². The molecular weight excluding hydrogens is 1330 g/mol. The minimum absolute atomic E-state index is 0.306. The van der Waals surface area contributed by atoms with E-state index < -0.39 is 126 Å². The van der Waals surface area contributed by atoms with Crippen molar-refractivity contribution in [1.82, 2.24) is 0 Å². The molecule has 0 amide bonds. The van der Waals surface area contributed by atoms with Crippen LogP contribution in [0.15, 0.2) is 24.3 Å². The van der Waals surface area contributed by atoms with Gasteiger partial charge in [-0.3, -0.25) is 0 Å². The molecule has 0 spiro atoms. The zero-order valence-corrected chi connectivity index (χ0v) is 79.5. The topological polar surface area (TPSA) is 0 Å². The normalized spacial score (nSPS) is 19.1. The third-order valence-corrected chi connectivity index (χ3v) is 127. The van der Waals surface area contributed by atoms with E-state index in [2.05, 4.69) is 293 Å². The van der Waals surface area contributed by atoms with Gasteiger partial charge in [0.25, 0.3) is 0 Å². The van der Waals surface area contributed by atoms with E-state index in [1.165, 1.54) is 5.67 Å². The van der Waals surface area contributed by atoms with Crippen LogP contribution in [-0.2, 0) is 8.57 Å². The lowest BCUT2D eigenvalue weighted by atomic mass is 10.1. The monoisotopic (exact) mass is 1460 g/mol. The molecule has 0 aromatic heterocycles. The highest BCUT2D eigenvalue weighted by molar-refractivity contribution is 9.54. The van der Waals surface area contributed by atoms with Gasteiger partial charge in [-0.15, -0.1) is 30.6 Å². The van der Waals surface area contributed by atoms with E-state index in [0.29, 0.717) is 24.1 Å². The maximum Gasteiger partial charge on any atom is 0.221 e. The molecule has 452 valence electrons. The van der Waals surface area contributed by atoms with Crippen molar-refractivity contribution in [1.29, 1.82) is 0 Å². The molecule has 2 atom stereocenters. The molecule has 18 heteroatoms. The van der Waals surface area contributed by atoms with Gasteiger partial charge in [0.2, 0.25) is 4.83 Å². The molecule has 0 bridgehead atoms. The van der Waals surface area contributed by atoms with Crippen molar-refractivity contribution in [2.45, 2.75) is 303 Å². The Morgan fingerprint density at radius 1 is 0.385 bits per heavy atom. The predicted molar refractivity (Wildman–Crippen MR) is 423 cm³/mol. The summed E-state index contributed by atoms with van der Waals surface area (Å²) in [6.45, 7) is 116. The fraction of sp³-hybridized carbons (Fsp3) is 0.800. The maximum absolute atomic E-state index is 5.46. The van der Waals surface area contributed by atoms with Crippen LogP contribution in [0.3, 0.4) is 0 Å². The van der Waals surface area contributed by atoms with E-state index in [1.807, 2.05) is 43.8 Å². The van der Waals surface area contributed by atoms with Gasteiger partial charge in [-0.2, -0.15) is 0 Å². The summed E-state index contributed by atoms with van der Waals surface area (Å²) in [6.07, 6.45) is 0. The molecule has 0 saturated heterocycles. The summed E-state index contributed by atoms with van der Waals surface area (Å²) >= 11 is 10.9. The lowest BCUT2D eigenvalue weighted by Crippen LogP contribution is -2.75. The Balaban J connectivity index is 3.29. The Bertz CT molecular complexity index is 2310. The maximum atomic E-state index is 5.46. The Hall–Kier alpha value is 2.87. The lowest BCUT2D eigenvalue weighted by Gasteiger charge is -2.61. The van der Waals surface area contributed by atoms with E-state index in [1.54, 1.807) is 0 Å². The smallest absolute Gasteiger partial charge is 0.109 e. The van der Waals surface area contributed by atoms with Crippen LogP contribution in [0, 0.1) is 0 Å². The van der Waals surface area contributed by atoms with Crippen molar-refractivity contribution in [3.05, 3.63) is 57.6 Å². The highest BCUT2D eigenvalue weighted by atomic mass is 79.9. The number of hydrogen-bond acceptors (Lipinski definition) is 0. The van der Waals surface area contributed by atoms with E-state index >= 15 is 0 Å². The molecule has 0 fully saturated rings. The first-order valence-corrected chi connectivity index (χ1v) is 90.3. The van der Waals surface area contributed by atoms with Gasteiger partial charge in [-0.05, 0) is 56.7 Å². The fourth-order valence-corrected chi connectivity index (χ4v) is 172. The Morgan fingerprint density at radius 2 is 0.615 bits per heavy atom. The van der Waals surface area contributed by atoms with Gasteiger partial charge in [0.1, 0.15) is 0 Å². The van der Waals surface area contributed by atoms with Gasteiger partial charge in [0, 0.05) is 113 Å². The fourth-order valence-electron chi connectivity index (χ4n) is 22.9. The Labute approximate surface area is 522 Å². The molecule has 1 aliphatic heterocycles. The van der Waals surface area contributed by atoms with Crippen LogP contribution in [0.1, 0.15) is 54.0 Å². The van der Waals surface area contributed by atoms with Gasteiger partial charge in [-0.25, -0.2) is 0 Å². The first-order chi connectivity index (χ1) is 33.5. The highest BCUT2D eigenvalue weighted by Crippen LogP contribution is 2.56. The van der Waals surface area contributed by atoms with Gasteiger partial charge >= 0.3 is 0 Å². The summed E-state index contributed by atoms with van der Waals surface area (Å²) in [7, 11) is -27.6. The van der Waals surface area contributed by atoms with Gasteiger partial charge in [0.15, 0.2) is 0 Å². The van der Waals surface area contributed by atoms with E-state index in [4.69, 9.17) is 30.6 Å². The Morgan fingerprint density at radius 3 is 0.846 bits per heavy atom. The van der Waals surface area contributed by atoms with Gasteiger partial charge in [-0.1, -0.05) is 315 Å². The van der Waals surface area contributed by atoms with Crippen LogP contribution in [0.5, 0.6) is 0 Å². The van der Waals surface area contributed by atoms with Crippen molar-refractivity contribution in [3.63, 3.8) is 0 Å². The molecule has 2 aromatic rings.